The van der Waals surface area contributed by atoms with E-state index in [0.717, 1.165) is 35.6 Å². The Morgan fingerprint density at radius 2 is 1.84 bits per heavy atom. The third-order valence-electron chi connectivity index (χ3n) is 6.48. The zero-order valence-corrected chi connectivity index (χ0v) is 21.7. The van der Waals surface area contributed by atoms with Gasteiger partial charge < -0.3 is 14.6 Å². The molecule has 3 aromatic rings. The molecular formula is C26H31N5O5S. The molecule has 0 unspecified atom stereocenters. The molecule has 11 heteroatoms. The van der Waals surface area contributed by atoms with E-state index in [1.165, 1.54) is 32.8 Å². The molecule has 10 nitrogen and oxygen atoms in total. The van der Waals surface area contributed by atoms with Crippen molar-refractivity contribution in [3.63, 3.8) is 0 Å². The van der Waals surface area contributed by atoms with Gasteiger partial charge in [-0.15, -0.1) is 0 Å². The van der Waals surface area contributed by atoms with Crippen LogP contribution in [0.3, 0.4) is 0 Å². The Balaban J connectivity index is 1.45. The Kier molecular flexibility index (Phi) is 8.34. The first-order chi connectivity index (χ1) is 17.7. The minimum atomic E-state index is -3.72. The Morgan fingerprint density at radius 3 is 2.49 bits per heavy atom. The van der Waals surface area contributed by atoms with Crippen molar-refractivity contribution in [1.82, 2.24) is 18.8 Å². The molecule has 1 aliphatic carbocycles. The van der Waals surface area contributed by atoms with Gasteiger partial charge in [0.2, 0.25) is 5.91 Å². The van der Waals surface area contributed by atoms with Crippen LogP contribution in [-0.2, 0) is 26.2 Å². The highest BCUT2D eigenvalue weighted by Gasteiger charge is 2.29. The van der Waals surface area contributed by atoms with Crippen LogP contribution in [0.15, 0.2) is 66.2 Å². The fourth-order valence-electron chi connectivity index (χ4n) is 4.34. The second-order valence-corrected chi connectivity index (χ2v) is 11.4. The largest absolute Gasteiger partial charge is 0.457 e. The summed E-state index contributed by atoms with van der Waals surface area (Å²) in [6, 6.07) is 11.8. The predicted molar refractivity (Wildman–Crippen MR) is 137 cm³/mol. The highest BCUT2D eigenvalue weighted by atomic mass is 32.2. The molecule has 196 valence electrons. The Morgan fingerprint density at radius 1 is 1.11 bits per heavy atom. The van der Waals surface area contributed by atoms with Crippen molar-refractivity contribution in [3.8, 4) is 0 Å². The summed E-state index contributed by atoms with van der Waals surface area (Å²) in [6.07, 6.45) is 8.99. The van der Waals surface area contributed by atoms with E-state index < -0.39 is 22.0 Å². The van der Waals surface area contributed by atoms with Gasteiger partial charge in [0, 0.05) is 26.5 Å². The molecule has 1 amide bonds. The van der Waals surface area contributed by atoms with E-state index in [1.54, 1.807) is 16.7 Å². The minimum Gasteiger partial charge on any atom is -0.457 e. The van der Waals surface area contributed by atoms with Gasteiger partial charge in [0.15, 0.2) is 5.03 Å². The van der Waals surface area contributed by atoms with Gasteiger partial charge in [-0.2, -0.15) is 0 Å². The summed E-state index contributed by atoms with van der Waals surface area (Å²) in [5.74, 6) is -0.199. The number of esters is 1. The average Bonchev–Trinajstić information content (AvgIpc) is 3.59. The average molecular weight is 526 g/mol. The van der Waals surface area contributed by atoms with Crippen molar-refractivity contribution in [3.05, 3.63) is 72.3 Å². The van der Waals surface area contributed by atoms with Gasteiger partial charge in [0.05, 0.1) is 11.9 Å². The fraction of sp³-hybridized carbons (Fsp3) is 0.385. The van der Waals surface area contributed by atoms with Crippen LogP contribution in [0.2, 0.25) is 0 Å². The molecule has 0 radical (unpaired) electrons. The predicted octanol–water partition coefficient (Wildman–Crippen LogP) is 3.65. The number of amides is 1. The maximum Gasteiger partial charge on any atom is 0.340 e. The highest BCUT2D eigenvalue weighted by Crippen LogP contribution is 2.33. The van der Waals surface area contributed by atoms with Crippen molar-refractivity contribution in [1.29, 1.82) is 0 Å². The number of ether oxygens (including phenoxy) is 1. The number of hydrogen-bond acceptors (Lipinski definition) is 7. The summed E-state index contributed by atoms with van der Waals surface area (Å²) in [4.78, 5) is 33.9. The minimum absolute atomic E-state index is 0.113. The number of anilines is 1. The fourth-order valence-corrected chi connectivity index (χ4v) is 5.15. The number of carbonyl (C=O) groups excluding carboxylic acids is 2. The number of carbonyl (C=O) groups is 2. The number of nitrogens with zero attached hydrogens (tertiary/aromatic N) is 4. The van der Waals surface area contributed by atoms with Crippen molar-refractivity contribution in [2.45, 2.75) is 49.8 Å². The van der Waals surface area contributed by atoms with Crippen LogP contribution in [0.4, 0.5) is 5.82 Å². The molecule has 0 bridgehead atoms. The first kappa shape index (κ1) is 26.5. The number of hydrogen-bond donors (Lipinski definition) is 1. The topological polar surface area (TPSA) is 123 Å². The highest BCUT2D eigenvalue weighted by molar-refractivity contribution is 7.89. The van der Waals surface area contributed by atoms with E-state index in [0.29, 0.717) is 12.3 Å². The number of aromatic nitrogens is 3. The molecule has 4 rings (SSSR count). The van der Waals surface area contributed by atoms with E-state index in [2.05, 4.69) is 15.3 Å². The van der Waals surface area contributed by atoms with Crippen LogP contribution in [0.1, 0.15) is 54.1 Å². The molecule has 1 fully saturated rings. The zero-order chi connectivity index (χ0) is 26.4. The SMILES string of the molecule is CN(C)S(=O)(=O)c1cn([C@@H](CC2CCCC2)C(=O)Nc2ccc(C(=O)OCc3ccccc3)cn2)cn1. The van der Waals surface area contributed by atoms with Gasteiger partial charge in [-0.25, -0.2) is 27.5 Å². The van der Waals surface area contributed by atoms with Crippen molar-refractivity contribution >= 4 is 27.7 Å². The molecule has 1 atom stereocenters. The third kappa shape index (κ3) is 6.60. The normalized spacial score (nSPS) is 15.0. The summed E-state index contributed by atoms with van der Waals surface area (Å²) < 4.78 is 32.9. The number of nitrogens with one attached hydrogen (secondary N) is 1. The third-order valence-corrected chi connectivity index (χ3v) is 8.18. The summed E-state index contributed by atoms with van der Waals surface area (Å²) in [5, 5.41) is 2.69. The van der Waals surface area contributed by atoms with Crippen molar-refractivity contribution < 1.29 is 22.7 Å². The zero-order valence-electron chi connectivity index (χ0n) is 20.9. The smallest absolute Gasteiger partial charge is 0.340 e. The van der Waals surface area contributed by atoms with E-state index in [-0.39, 0.29) is 28.9 Å². The van der Waals surface area contributed by atoms with Crippen LogP contribution < -0.4 is 5.32 Å². The first-order valence-corrected chi connectivity index (χ1v) is 13.6. The maximum absolute atomic E-state index is 13.3. The molecule has 2 heterocycles. The van der Waals surface area contributed by atoms with E-state index in [1.807, 2.05) is 30.3 Å². The Hall–Kier alpha value is -3.57. The Labute approximate surface area is 216 Å². The molecule has 0 aliphatic heterocycles. The second-order valence-electron chi connectivity index (χ2n) is 9.33. The molecular weight excluding hydrogens is 494 g/mol. The lowest BCUT2D eigenvalue weighted by Gasteiger charge is -2.21. The number of pyridine rings is 1. The van der Waals surface area contributed by atoms with Gasteiger partial charge in [0.25, 0.3) is 10.0 Å². The monoisotopic (exact) mass is 525 g/mol. The molecule has 1 aliphatic rings. The number of imidazole rings is 1. The number of sulfonamides is 1. The molecule has 1 N–H and O–H groups in total. The lowest BCUT2D eigenvalue weighted by atomic mass is 9.97. The van der Waals surface area contributed by atoms with Crippen LogP contribution in [0.25, 0.3) is 0 Å². The van der Waals surface area contributed by atoms with E-state index in [4.69, 9.17) is 4.74 Å². The van der Waals surface area contributed by atoms with Crippen LogP contribution >= 0.6 is 0 Å². The van der Waals surface area contributed by atoms with Gasteiger partial charge in [-0.1, -0.05) is 56.0 Å². The molecule has 2 aromatic heterocycles. The maximum atomic E-state index is 13.3. The number of rotatable bonds is 10. The second kappa shape index (κ2) is 11.7. The molecule has 0 spiro atoms. The van der Waals surface area contributed by atoms with Gasteiger partial charge in [0.1, 0.15) is 18.5 Å². The summed E-state index contributed by atoms with van der Waals surface area (Å²) in [5.41, 5.74) is 1.15. The van der Waals surface area contributed by atoms with Crippen molar-refractivity contribution in [2.24, 2.45) is 5.92 Å². The van der Waals surface area contributed by atoms with Gasteiger partial charge in [-0.05, 0) is 30.0 Å². The van der Waals surface area contributed by atoms with Gasteiger partial charge >= 0.3 is 5.97 Å². The Bertz CT molecular complexity index is 1320. The van der Waals surface area contributed by atoms with Crippen LogP contribution in [0.5, 0.6) is 0 Å². The lowest BCUT2D eigenvalue weighted by Crippen LogP contribution is -2.28. The first-order valence-electron chi connectivity index (χ1n) is 12.2. The molecule has 0 saturated heterocycles. The van der Waals surface area contributed by atoms with Crippen LogP contribution in [-0.4, -0.2) is 53.2 Å². The van der Waals surface area contributed by atoms with E-state index in [9.17, 15) is 18.0 Å². The number of benzene rings is 1. The standard InChI is InChI=1S/C26H31N5O5S/c1-30(2)37(34,35)24-16-31(18-28-24)22(14-19-8-6-7-9-19)25(32)29-23-13-12-21(15-27-23)26(33)36-17-20-10-4-3-5-11-20/h3-5,10-13,15-16,18-19,22H,6-9,14,17H2,1-2H3,(H,27,29,32)/t22-/m0/s1. The molecule has 1 saturated carbocycles. The summed E-state index contributed by atoms with van der Waals surface area (Å²) in [7, 11) is -0.855. The molecule has 37 heavy (non-hydrogen) atoms. The van der Waals surface area contributed by atoms with Crippen molar-refractivity contribution in [2.75, 3.05) is 19.4 Å². The lowest BCUT2D eigenvalue weighted by molar-refractivity contribution is -0.119. The van der Waals surface area contributed by atoms with E-state index >= 15 is 0 Å². The molecule has 1 aromatic carbocycles. The van der Waals surface area contributed by atoms with Gasteiger partial charge in [-0.3, -0.25) is 4.79 Å². The quantitative estimate of drug-likeness (QED) is 0.401. The van der Waals surface area contributed by atoms with Crippen LogP contribution in [0, 0.1) is 5.92 Å². The summed E-state index contributed by atoms with van der Waals surface area (Å²) >= 11 is 0. The summed E-state index contributed by atoms with van der Waals surface area (Å²) in [6.45, 7) is 0.150.